The van der Waals surface area contributed by atoms with Crippen LogP contribution in [0.1, 0.15) is 13.3 Å². The first-order chi connectivity index (χ1) is 6.74. The molecule has 0 amide bonds. The molecule has 0 aromatic heterocycles. The first kappa shape index (κ1) is 11.4. The van der Waals surface area contributed by atoms with E-state index in [4.69, 9.17) is 16.3 Å². The van der Waals surface area contributed by atoms with Gasteiger partial charge in [-0.25, -0.2) is 0 Å². The molecule has 0 saturated heterocycles. The van der Waals surface area contributed by atoms with E-state index < -0.39 is 0 Å². The molecule has 1 nitrogen and oxygen atoms in total. The van der Waals surface area contributed by atoms with Crippen LogP contribution in [0, 0.1) is 11.8 Å². The summed E-state index contributed by atoms with van der Waals surface area (Å²) in [4.78, 5) is 0. The highest BCUT2D eigenvalue weighted by molar-refractivity contribution is 9.10. The van der Waals surface area contributed by atoms with Crippen LogP contribution in [0.4, 0.5) is 0 Å². The van der Waals surface area contributed by atoms with Gasteiger partial charge in [0.15, 0.2) is 0 Å². The van der Waals surface area contributed by atoms with Gasteiger partial charge < -0.3 is 4.74 Å². The van der Waals surface area contributed by atoms with E-state index in [0.717, 1.165) is 16.6 Å². The average molecular weight is 274 g/mol. The molecule has 0 aliphatic carbocycles. The minimum atomic E-state index is 0.596. The van der Waals surface area contributed by atoms with Crippen molar-refractivity contribution < 1.29 is 4.74 Å². The fourth-order valence-electron chi connectivity index (χ4n) is 0.912. The van der Waals surface area contributed by atoms with Crippen LogP contribution in [0.25, 0.3) is 0 Å². The van der Waals surface area contributed by atoms with Crippen LogP contribution in [-0.4, -0.2) is 6.61 Å². The monoisotopic (exact) mass is 272 g/mol. The SMILES string of the molecule is CC#CCCOc1ccc(Br)c(Cl)c1. The summed E-state index contributed by atoms with van der Waals surface area (Å²) in [5, 5.41) is 0.657. The molecule has 0 aliphatic rings. The summed E-state index contributed by atoms with van der Waals surface area (Å²) in [6.07, 6.45) is 0.740. The molecule has 3 heteroatoms. The summed E-state index contributed by atoms with van der Waals surface area (Å²) in [6.45, 7) is 2.41. The third-order valence-corrected chi connectivity index (χ3v) is 2.80. The Kier molecular flexibility index (Phi) is 4.86. The van der Waals surface area contributed by atoms with E-state index in [1.54, 1.807) is 6.07 Å². The second-order valence-electron chi connectivity index (χ2n) is 2.60. The molecule has 74 valence electrons. The van der Waals surface area contributed by atoms with Crippen LogP contribution < -0.4 is 4.74 Å². The Morgan fingerprint density at radius 3 is 2.93 bits per heavy atom. The number of halogens is 2. The van der Waals surface area contributed by atoms with Gasteiger partial charge in [0.1, 0.15) is 5.75 Å². The highest BCUT2D eigenvalue weighted by atomic mass is 79.9. The standard InChI is InChI=1S/C11H10BrClO/c1-2-3-4-7-14-9-5-6-10(12)11(13)8-9/h5-6,8H,4,7H2,1H3. The molecule has 0 unspecified atom stereocenters. The molecule has 1 aromatic rings. The van der Waals surface area contributed by atoms with Crippen molar-refractivity contribution in [2.45, 2.75) is 13.3 Å². The Hall–Kier alpha value is -0.650. The first-order valence-electron chi connectivity index (χ1n) is 4.21. The second-order valence-corrected chi connectivity index (χ2v) is 3.86. The average Bonchev–Trinajstić information content (AvgIpc) is 2.18. The van der Waals surface area contributed by atoms with Gasteiger partial charge in [-0.05, 0) is 41.1 Å². The third kappa shape index (κ3) is 3.61. The van der Waals surface area contributed by atoms with E-state index in [1.807, 2.05) is 19.1 Å². The topological polar surface area (TPSA) is 9.23 Å². The number of rotatable bonds is 3. The Balaban J connectivity index is 2.50. The molecular weight excluding hydrogens is 263 g/mol. The fraction of sp³-hybridized carbons (Fsp3) is 0.273. The largest absolute Gasteiger partial charge is 0.493 e. The zero-order chi connectivity index (χ0) is 10.4. The minimum Gasteiger partial charge on any atom is -0.493 e. The molecule has 1 aromatic carbocycles. The number of hydrogen-bond acceptors (Lipinski definition) is 1. The van der Waals surface area contributed by atoms with Crippen molar-refractivity contribution in [1.82, 2.24) is 0 Å². The zero-order valence-corrected chi connectivity index (χ0v) is 10.2. The van der Waals surface area contributed by atoms with Gasteiger partial charge in [-0.15, -0.1) is 11.8 Å². The summed E-state index contributed by atoms with van der Waals surface area (Å²) >= 11 is 9.21. The van der Waals surface area contributed by atoms with Gasteiger partial charge in [-0.1, -0.05) is 11.6 Å². The van der Waals surface area contributed by atoms with Crippen molar-refractivity contribution in [1.29, 1.82) is 0 Å². The van der Waals surface area contributed by atoms with Crippen LogP contribution in [0.3, 0.4) is 0 Å². The van der Waals surface area contributed by atoms with Crippen molar-refractivity contribution in [3.05, 3.63) is 27.7 Å². The predicted octanol–water partition coefficient (Wildman–Crippen LogP) is 3.89. The van der Waals surface area contributed by atoms with Gasteiger partial charge in [0.2, 0.25) is 0 Å². The van der Waals surface area contributed by atoms with Crippen molar-refractivity contribution in [3.8, 4) is 17.6 Å². The van der Waals surface area contributed by atoms with Crippen LogP contribution in [0.5, 0.6) is 5.75 Å². The van der Waals surface area contributed by atoms with E-state index in [1.165, 1.54) is 0 Å². The quantitative estimate of drug-likeness (QED) is 0.599. The van der Waals surface area contributed by atoms with Crippen LogP contribution in [0.2, 0.25) is 5.02 Å². The lowest BCUT2D eigenvalue weighted by Gasteiger charge is -2.04. The van der Waals surface area contributed by atoms with Gasteiger partial charge in [-0.2, -0.15) is 0 Å². The molecule has 0 bridgehead atoms. The number of benzene rings is 1. The van der Waals surface area contributed by atoms with E-state index in [0.29, 0.717) is 11.6 Å². The molecule has 0 spiro atoms. The highest BCUT2D eigenvalue weighted by Crippen LogP contribution is 2.26. The molecule has 1 rings (SSSR count). The van der Waals surface area contributed by atoms with Gasteiger partial charge in [-0.3, -0.25) is 0 Å². The van der Waals surface area contributed by atoms with Crippen molar-refractivity contribution in [2.24, 2.45) is 0 Å². The van der Waals surface area contributed by atoms with Gasteiger partial charge >= 0.3 is 0 Å². The van der Waals surface area contributed by atoms with Crippen LogP contribution in [-0.2, 0) is 0 Å². The van der Waals surface area contributed by atoms with Gasteiger partial charge in [0.05, 0.1) is 11.6 Å². The molecule has 0 fully saturated rings. The fourth-order valence-corrected chi connectivity index (χ4v) is 1.33. The Morgan fingerprint density at radius 1 is 1.50 bits per heavy atom. The van der Waals surface area contributed by atoms with Gasteiger partial charge in [0.25, 0.3) is 0 Å². The maximum Gasteiger partial charge on any atom is 0.120 e. The molecular formula is C11H10BrClO. The van der Waals surface area contributed by atoms with E-state index in [-0.39, 0.29) is 0 Å². The van der Waals surface area contributed by atoms with E-state index >= 15 is 0 Å². The molecule has 0 heterocycles. The summed E-state index contributed by atoms with van der Waals surface area (Å²) in [5.74, 6) is 6.51. The third-order valence-electron chi connectivity index (χ3n) is 1.56. The Morgan fingerprint density at radius 2 is 2.29 bits per heavy atom. The molecule has 14 heavy (non-hydrogen) atoms. The minimum absolute atomic E-state index is 0.596. The summed E-state index contributed by atoms with van der Waals surface area (Å²) in [6, 6.07) is 5.52. The first-order valence-corrected chi connectivity index (χ1v) is 5.38. The van der Waals surface area contributed by atoms with Crippen molar-refractivity contribution in [2.75, 3.05) is 6.61 Å². The predicted molar refractivity (Wildman–Crippen MR) is 62.7 cm³/mol. The summed E-state index contributed by atoms with van der Waals surface area (Å²) in [7, 11) is 0. The highest BCUT2D eigenvalue weighted by Gasteiger charge is 1.98. The Bertz CT molecular complexity index is 365. The molecule has 0 radical (unpaired) electrons. The lowest BCUT2D eigenvalue weighted by molar-refractivity contribution is 0.327. The zero-order valence-electron chi connectivity index (χ0n) is 7.81. The number of ether oxygens (including phenoxy) is 1. The van der Waals surface area contributed by atoms with Crippen LogP contribution in [0.15, 0.2) is 22.7 Å². The maximum absolute atomic E-state index is 5.90. The van der Waals surface area contributed by atoms with Crippen LogP contribution >= 0.6 is 27.5 Å². The lowest BCUT2D eigenvalue weighted by Crippen LogP contribution is -1.95. The summed E-state index contributed by atoms with van der Waals surface area (Å²) < 4.78 is 6.31. The molecule has 0 N–H and O–H groups in total. The van der Waals surface area contributed by atoms with E-state index in [2.05, 4.69) is 27.8 Å². The van der Waals surface area contributed by atoms with Gasteiger partial charge in [0, 0.05) is 10.9 Å². The molecule has 0 saturated carbocycles. The van der Waals surface area contributed by atoms with Crippen molar-refractivity contribution >= 4 is 27.5 Å². The molecule has 0 aliphatic heterocycles. The molecule has 0 atom stereocenters. The Labute approximate surface area is 97.5 Å². The maximum atomic E-state index is 5.90. The number of hydrogen-bond donors (Lipinski definition) is 0. The lowest BCUT2D eigenvalue weighted by atomic mass is 10.3. The van der Waals surface area contributed by atoms with E-state index in [9.17, 15) is 0 Å². The van der Waals surface area contributed by atoms with Crippen molar-refractivity contribution in [3.63, 3.8) is 0 Å². The smallest absolute Gasteiger partial charge is 0.120 e. The normalized spacial score (nSPS) is 9.07. The second kappa shape index (κ2) is 5.95. The summed E-state index contributed by atoms with van der Waals surface area (Å²) in [5.41, 5.74) is 0.